The minimum atomic E-state index is -0.330. The van der Waals surface area contributed by atoms with Crippen molar-refractivity contribution in [3.8, 4) is 11.3 Å². The van der Waals surface area contributed by atoms with E-state index < -0.39 is 0 Å². The molecule has 146 valence electrons. The van der Waals surface area contributed by atoms with Gasteiger partial charge in [0.25, 0.3) is 0 Å². The summed E-state index contributed by atoms with van der Waals surface area (Å²) >= 11 is 0. The molecule has 2 aromatic carbocycles. The van der Waals surface area contributed by atoms with Crippen molar-refractivity contribution in [2.45, 2.75) is 13.0 Å². The first-order valence-electron chi connectivity index (χ1n) is 9.33. The van der Waals surface area contributed by atoms with E-state index in [0.717, 1.165) is 5.56 Å². The topological polar surface area (TPSA) is 71.3 Å². The van der Waals surface area contributed by atoms with Gasteiger partial charge in [0.15, 0.2) is 5.65 Å². The fourth-order valence-electron chi connectivity index (χ4n) is 3.09. The molecule has 0 aliphatic carbocycles. The maximum atomic E-state index is 13.7. The third-order valence-electron chi connectivity index (χ3n) is 4.51. The van der Waals surface area contributed by atoms with Crippen LogP contribution < -0.4 is 10.6 Å². The molecular weight excluding hydrogens is 369 g/mol. The second kappa shape index (κ2) is 8.52. The van der Waals surface area contributed by atoms with E-state index in [4.69, 9.17) is 0 Å². The monoisotopic (exact) mass is 389 g/mol. The molecule has 1 amide bonds. The number of hydrogen-bond acceptors (Lipinski definition) is 4. The van der Waals surface area contributed by atoms with E-state index in [1.165, 1.54) is 12.1 Å². The molecule has 0 bridgehead atoms. The first-order chi connectivity index (χ1) is 14.2. The maximum Gasteiger partial charge on any atom is 0.222 e. The van der Waals surface area contributed by atoms with Crippen LogP contribution in [0.15, 0.2) is 73.2 Å². The molecule has 0 aliphatic rings. The summed E-state index contributed by atoms with van der Waals surface area (Å²) in [4.78, 5) is 20.8. The third kappa shape index (κ3) is 4.40. The van der Waals surface area contributed by atoms with Crippen molar-refractivity contribution in [3.63, 3.8) is 0 Å². The Morgan fingerprint density at radius 1 is 1.10 bits per heavy atom. The number of fused-ring (bicyclic) bond motifs is 1. The van der Waals surface area contributed by atoms with Crippen molar-refractivity contribution >= 4 is 17.4 Å². The molecule has 0 saturated carbocycles. The Hall–Kier alpha value is -3.74. The molecule has 0 atom stereocenters. The van der Waals surface area contributed by atoms with E-state index >= 15 is 0 Å². The highest BCUT2D eigenvalue weighted by atomic mass is 19.1. The normalized spacial score (nSPS) is 10.8. The van der Waals surface area contributed by atoms with Crippen LogP contribution in [0, 0.1) is 5.82 Å². The molecule has 0 radical (unpaired) electrons. The smallest absolute Gasteiger partial charge is 0.222 e. The zero-order valence-corrected chi connectivity index (χ0v) is 15.7. The van der Waals surface area contributed by atoms with Gasteiger partial charge in [-0.2, -0.15) is 0 Å². The second-order valence-electron chi connectivity index (χ2n) is 6.56. The molecule has 4 aromatic rings. The molecule has 2 heterocycles. The number of carbonyl (C=O) groups excluding carboxylic acids is 1. The summed E-state index contributed by atoms with van der Waals surface area (Å²) in [5.41, 5.74) is 2.96. The number of rotatable bonds is 7. The van der Waals surface area contributed by atoms with Crippen molar-refractivity contribution in [2.24, 2.45) is 0 Å². The molecule has 0 spiro atoms. The second-order valence-corrected chi connectivity index (χ2v) is 6.56. The first-order valence-corrected chi connectivity index (χ1v) is 9.33. The van der Waals surface area contributed by atoms with Gasteiger partial charge in [0.2, 0.25) is 5.91 Å². The molecule has 2 aromatic heterocycles. The number of amides is 1. The maximum absolute atomic E-state index is 13.7. The number of nitrogens with one attached hydrogen (secondary N) is 2. The van der Waals surface area contributed by atoms with E-state index in [1.54, 1.807) is 30.7 Å². The summed E-state index contributed by atoms with van der Waals surface area (Å²) < 4.78 is 15.5. The van der Waals surface area contributed by atoms with Gasteiger partial charge in [0.05, 0.1) is 6.20 Å². The lowest BCUT2D eigenvalue weighted by Crippen LogP contribution is -2.25. The number of halogens is 1. The van der Waals surface area contributed by atoms with Gasteiger partial charge < -0.3 is 10.6 Å². The lowest BCUT2D eigenvalue weighted by Gasteiger charge is -2.09. The summed E-state index contributed by atoms with van der Waals surface area (Å²) in [5.74, 6) is 0.317. The molecule has 4 rings (SSSR count). The van der Waals surface area contributed by atoms with Crippen molar-refractivity contribution in [1.82, 2.24) is 19.7 Å². The fraction of sp³-hybridized carbons (Fsp3) is 0.136. The first kappa shape index (κ1) is 18.6. The van der Waals surface area contributed by atoms with Gasteiger partial charge >= 0.3 is 0 Å². The molecule has 0 saturated heterocycles. The van der Waals surface area contributed by atoms with E-state index in [9.17, 15) is 9.18 Å². The number of hydrogen-bond donors (Lipinski definition) is 2. The van der Waals surface area contributed by atoms with E-state index in [2.05, 4.69) is 20.6 Å². The Labute approximate surface area is 167 Å². The van der Waals surface area contributed by atoms with Crippen molar-refractivity contribution < 1.29 is 9.18 Å². The van der Waals surface area contributed by atoms with Crippen LogP contribution >= 0.6 is 0 Å². The van der Waals surface area contributed by atoms with E-state index in [-0.39, 0.29) is 11.7 Å². The molecule has 0 aliphatic heterocycles. The fourth-order valence-corrected chi connectivity index (χ4v) is 3.09. The molecule has 2 N–H and O–H groups in total. The van der Waals surface area contributed by atoms with Gasteiger partial charge in [-0.05, 0) is 17.7 Å². The van der Waals surface area contributed by atoms with Crippen LogP contribution in [0.1, 0.15) is 12.0 Å². The Kier molecular flexibility index (Phi) is 5.47. The summed E-state index contributed by atoms with van der Waals surface area (Å²) in [6.45, 7) is 0.911. The predicted octanol–water partition coefficient (Wildman–Crippen LogP) is 3.65. The van der Waals surface area contributed by atoms with Crippen LogP contribution in [0.2, 0.25) is 0 Å². The molecule has 7 heteroatoms. The Morgan fingerprint density at radius 2 is 1.97 bits per heavy atom. The quantitative estimate of drug-likeness (QED) is 0.506. The summed E-state index contributed by atoms with van der Waals surface area (Å²) in [7, 11) is 0. The van der Waals surface area contributed by atoms with Crippen molar-refractivity contribution in [3.05, 3.63) is 84.6 Å². The lowest BCUT2D eigenvalue weighted by molar-refractivity contribution is -0.121. The van der Waals surface area contributed by atoms with Crippen LogP contribution in [0.25, 0.3) is 16.9 Å². The summed E-state index contributed by atoms with van der Waals surface area (Å²) in [6, 6.07) is 16.0. The average molecular weight is 389 g/mol. The van der Waals surface area contributed by atoms with Gasteiger partial charge in [-0.25, -0.2) is 9.37 Å². The van der Waals surface area contributed by atoms with Crippen molar-refractivity contribution in [2.75, 3.05) is 11.9 Å². The van der Waals surface area contributed by atoms with E-state index in [1.807, 2.05) is 34.7 Å². The number of nitrogens with zero attached hydrogens (tertiary/aromatic N) is 3. The number of imidazole rings is 1. The molecule has 0 fully saturated rings. The van der Waals surface area contributed by atoms with E-state index in [0.29, 0.717) is 42.2 Å². The standard InChI is InChI=1S/C22H20FN5O/c23-18-8-4-7-17(13-18)21-22(28-12-11-24-15-19(28)27-21)25-10-9-20(29)26-14-16-5-2-1-3-6-16/h1-8,11-13,15,25H,9-10,14H2,(H,26,29). The lowest BCUT2D eigenvalue weighted by atomic mass is 10.1. The van der Waals surface area contributed by atoms with Crippen LogP contribution in [0.3, 0.4) is 0 Å². The largest absolute Gasteiger partial charge is 0.369 e. The number of benzene rings is 2. The average Bonchev–Trinajstić information content (AvgIpc) is 3.12. The number of aromatic nitrogens is 3. The van der Waals surface area contributed by atoms with Crippen LogP contribution in [-0.4, -0.2) is 26.8 Å². The minimum Gasteiger partial charge on any atom is -0.369 e. The zero-order chi connectivity index (χ0) is 20.1. The van der Waals surface area contributed by atoms with Gasteiger partial charge in [-0.15, -0.1) is 0 Å². The molecular formula is C22H20FN5O. The molecule has 6 nitrogen and oxygen atoms in total. The Balaban J connectivity index is 1.46. The van der Waals surface area contributed by atoms with Crippen molar-refractivity contribution in [1.29, 1.82) is 0 Å². The molecule has 29 heavy (non-hydrogen) atoms. The molecule has 0 unspecified atom stereocenters. The summed E-state index contributed by atoms with van der Waals surface area (Å²) in [5, 5.41) is 6.18. The predicted molar refractivity (Wildman–Crippen MR) is 110 cm³/mol. The number of carbonyl (C=O) groups is 1. The highest BCUT2D eigenvalue weighted by Crippen LogP contribution is 2.28. The highest BCUT2D eigenvalue weighted by molar-refractivity contribution is 5.78. The van der Waals surface area contributed by atoms with Gasteiger partial charge in [0, 0.05) is 37.5 Å². The van der Waals surface area contributed by atoms with Crippen LogP contribution in [0.5, 0.6) is 0 Å². The van der Waals surface area contributed by atoms with Gasteiger partial charge in [0.1, 0.15) is 17.3 Å². The zero-order valence-electron chi connectivity index (χ0n) is 15.7. The SMILES string of the molecule is O=C(CCNc1c(-c2cccc(F)c2)nc2cnccn12)NCc1ccccc1. The van der Waals surface area contributed by atoms with Crippen LogP contribution in [-0.2, 0) is 11.3 Å². The number of anilines is 1. The minimum absolute atomic E-state index is 0.0517. The summed E-state index contributed by atoms with van der Waals surface area (Å²) in [6.07, 6.45) is 5.37. The Morgan fingerprint density at radius 3 is 2.79 bits per heavy atom. The van der Waals surface area contributed by atoms with Gasteiger partial charge in [-0.3, -0.25) is 14.2 Å². The van der Waals surface area contributed by atoms with Gasteiger partial charge in [-0.1, -0.05) is 42.5 Å². The third-order valence-corrected chi connectivity index (χ3v) is 4.51. The Bertz CT molecular complexity index is 1130. The van der Waals surface area contributed by atoms with Crippen LogP contribution in [0.4, 0.5) is 10.2 Å². The highest BCUT2D eigenvalue weighted by Gasteiger charge is 2.15.